The summed E-state index contributed by atoms with van der Waals surface area (Å²) in [6.45, 7) is 4.96. The van der Waals surface area contributed by atoms with Crippen molar-refractivity contribution in [2.24, 2.45) is 0 Å². The molecule has 0 amide bonds. The topological polar surface area (TPSA) is 22.0 Å². The van der Waals surface area contributed by atoms with E-state index in [4.69, 9.17) is 0 Å². The SMILES string of the molecule is CC(C)=CCn1c2ccccc2c(=O)c2ccccc21. The Morgan fingerprint density at radius 1 is 0.950 bits per heavy atom. The highest BCUT2D eigenvalue weighted by atomic mass is 16.1. The van der Waals surface area contributed by atoms with Crippen LogP contribution in [0, 0.1) is 0 Å². The molecule has 100 valence electrons. The predicted octanol–water partition coefficient (Wildman–Crippen LogP) is 4.12. The highest BCUT2D eigenvalue weighted by Crippen LogP contribution is 2.19. The molecular formula is C18H17NO. The molecule has 3 aromatic rings. The number of hydrogen-bond acceptors (Lipinski definition) is 1. The van der Waals surface area contributed by atoms with E-state index in [9.17, 15) is 4.79 Å². The van der Waals surface area contributed by atoms with Crippen molar-refractivity contribution >= 4 is 21.8 Å². The van der Waals surface area contributed by atoms with Crippen molar-refractivity contribution in [2.75, 3.05) is 0 Å². The lowest BCUT2D eigenvalue weighted by atomic mass is 10.1. The van der Waals surface area contributed by atoms with E-state index in [0.717, 1.165) is 28.4 Å². The Hall–Kier alpha value is -2.35. The van der Waals surface area contributed by atoms with Crippen LogP contribution in [0.3, 0.4) is 0 Å². The number of nitrogens with zero attached hydrogens (tertiary/aromatic N) is 1. The third kappa shape index (κ3) is 2.03. The average molecular weight is 263 g/mol. The van der Waals surface area contributed by atoms with Crippen molar-refractivity contribution in [1.29, 1.82) is 0 Å². The van der Waals surface area contributed by atoms with Gasteiger partial charge < -0.3 is 4.57 Å². The fourth-order valence-corrected chi connectivity index (χ4v) is 2.55. The normalized spacial score (nSPS) is 10.9. The first-order valence-electron chi connectivity index (χ1n) is 6.82. The Morgan fingerprint density at radius 2 is 1.45 bits per heavy atom. The van der Waals surface area contributed by atoms with Crippen LogP contribution in [-0.4, -0.2) is 4.57 Å². The fraction of sp³-hybridized carbons (Fsp3) is 0.167. The number of rotatable bonds is 2. The number of aromatic nitrogens is 1. The molecule has 0 aliphatic heterocycles. The Kier molecular flexibility index (Phi) is 3.15. The van der Waals surface area contributed by atoms with E-state index in [1.807, 2.05) is 48.5 Å². The standard InChI is InChI=1S/C18H17NO/c1-13(2)11-12-19-16-9-5-3-7-14(16)18(20)15-8-4-6-10-17(15)19/h3-11H,12H2,1-2H3. The minimum atomic E-state index is 0.115. The van der Waals surface area contributed by atoms with E-state index < -0.39 is 0 Å². The lowest BCUT2D eigenvalue weighted by molar-refractivity contribution is 0.883. The second-order valence-corrected chi connectivity index (χ2v) is 5.26. The maximum absolute atomic E-state index is 12.5. The summed E-state index contributed by atoms with van der Waals surface area (Å²) in [5.41, 5.74) is 3.38. The summed E-state index contributed by atoms with van der Waals surface area (Å²) >= 11 is 0. The van der Waals surface area contributed by atoms with Crippen LogP contribution in [0.5, 0.6) is 0 Å². The molecule has 0 unspecified atom stereocenters. The number of allylic oxidation sites excluding steroid dienone is 2. The monoisotopic (exact) mass is 263 g/mol. The summed E-state index contributed by atoms with van der Waals surface area (Å²) in [7, 11) is 0. The zero-order valence-electron chi connectivity index (χ0n) is 11.8. The molecule has 0 bridgehead atoms. The Bertz CT molecular complexity index is 807. The number of benzene rings is 2. The maximum atomic E-state index is 12.5. The average Bonchev–Trinajstić information content (AvgIpc) is 2.47. The van der Waals surface area contributed by atoms with Crippen LogP contribution >= 0.6 is 0 Å². The van der Waals surface area contributed by atoms with E-state index in [2.05, 4.69) is 24.5 Å². The van der Waals surface area contributed by atoms with Crippen molar-refractivity contribution in [1.82, 2.24) is 4.57 Å². The molecule has 0 saturated carbocycles. The first-order chi connectivity index (χ1) is 9.68. The number of hydrogen-bond donors (Lipinski definition) is 0. The second kappa shape index (κ2) is 4.97. The maximum Gasteiger partial charge on any atom is 0.197 e. The molecule has 1 aromatic heterocycles. The van der Waals surface area contributed by atoms with Crippen LogP contribution in [0.4, 0.5) is 0 Å². The Balaban J connectivity index is 2.46. The van der Waals surface area contributed by atoms with Crippen LogP contribution in [0.2, 0.25) is 0 Å². The van der Waals surface area contributed by atoms with Crippen molar-refractivity contribution < 1.29 is 0 Å². The van der Waals surface area contributed by atoms with E-state index >= 15 is 0 Å². The van der Waals surface area contributed by atoms with Crippen molar-refractivity contribution in [3.63, 3.8) is 0 Å². The minimum absolute atomic E-state index is 0.115. The molecule has 0 fully saturated rings. The largest absolute Gasteiger partial charge is 0.336 e. The van der Waals surface area contributed by atoms with Gasteiger partial charge in [0.15, 0.2) is 5.43 Å². The van der Waals surface area contributed by atoms with Crippen LogP contribution < -0.4 is 5.43 Å². The molecule has 0 aliphatic rings. The zero-order chi connectivity index (χ0) is 14.1. The quantitative estimate of drug-likeness (QED) is 0.503. The van der Waals surface area contributed by atoms with Crippen LogP contribution in [0.25, 0.3) is 21.8 Å². The molecule has 20 heavy (non-hydrogen) atoms. The van der Waals surface area contributed by atoms with Gasteiger partial charge in [-0.05, 0) is 38.1 Å². The van der Waals surface area contributed by atoms with Crippen molar-refractivity contribution in [3.8, 4) is 0 Å². The second-order valence-electron chi connectivity index (χ2n) is 5.26. The highest BCUT2D eigenvalue weighted by Gasteiger charge is 2.08. The van der Waals surface area contributed by atoms with Crippen LogP contribution in [0.1, 0.15) is 13.8 Å². The summed E-state index contributed by atoms with van der Waals surface area (Å²) in [6, 6.07) is 15.6. The minimum Gasteiger partial charge on any atom is -0.336 e. The molecule has 0 atom stereocenters. The van der Waals surface area contributed by atoms with Gasteiger partial charge in [-0.3, -0.25) is 4.79 Å². The molecule has 1 heterocycles. The van der Waals surface area contributed by atoms with Gasteiger partial charge in [-0.15, -0.1) is 0 Å². The molecule has 2 heteroatoms. The predicted molar refractivity (Wildman–Crippen MR) is 85.1 cm³/mol. The van der Waals surface area contributed by atoms with Gasteiger partial charge in [0.05, 0.1) is 11.0 Å². The van der Waals surface area contributed by atoms with Crippen LogP contribution in [-0.2, 0) is 6.54 Å². The third-order valence-electron chi connectivity index (χ3n) is 3.56. The summed E-state index contributed by atoms with van der Waals surface area (Å²) in [5, 5.41) is 1.57. The molecule has 0 aliphatic carbocycles. The summed E-state index contributed by atoms with van der Waals surface area (Å²) in [5.74, 6) is 0. The van der Waals surface area contributed by atoms with E-state index in [1.165, 1.54) is 5.57 Å². The zero-order valence-corrected chi connectivity index (χ0v) is 11.8. The molecule has 0 N–H and O–H groups in total. The van der Waals surface area contributed by atoms with Gasteiger partial charge in [0, 0.05) is 17.3 Å². The van der Waals surface area contributed by atoms with Crippen molar-refractivity contribution in [2.45, 2.75) is 20.4 Å². The van der Waals surface area contributed by atoms with Gasteiger partial charge in [-0.2, -0.15) is 0 Å². The molecule has 2 nitrogen and oxygen atoms in total. The van der Waals surface area contributed by atoms with Gasteiger partial charge in [0.2, 0.25) is 0 Å². The molecule has 0 radical (unpaired) electrons. The first kappa shape index (κ1) is 12.7. The van der Waals surface area contributed by atoms with Crippen LogP contribution in [0.15, 0.2) is 65.0 Å². The van der Waals surface area contributed by atoms with Gasteiger partial charge in [-0.25, -0.2) is 0 Å². The third-order valence-corrected chi connectivity index (χ3v) is 3.56. The van der Waals surface area contributed by atoms with Gasteiger partial charge in [0.1, 0.15) is 0 Å². The molecule has 0 saturated heterocycles. The molecule has 0 spiro atoms. The lowest BCUT2D eigenvalue weighted by Gasteiger charge is -2.13. The highest BCUT2D eigenvalue weighted by molar-refractivity contribution is 5.93. The lowest BCUT2D eigenvalue weighted by Crippen LogP contribution is -2.10. The van der Waals surface area contributed by atoms with Gasteiger partial charge in [0.25, 0.3) is 0 Å². The number of para-hydroxylation sites is 2. The first-order valence-corrected chi connectivity index (χ1v) is 6.82. The Labute approximate surface area is 118 Å². The summed E-state index contributed by atoms with van der Waals surface area (Å²) in [4.78, 5) is 12.5. The van der Waals surface area contributed by atoms with E-state index in [0.29, 0.717) is 0 Å². The molecular weight excluding hydrogens is 246 g/mol. The van der Waals surface area contributed by atoms with Gasteiger partial charge >= 0.3 is 0 Å². The van der Waals surface area contributed by atoms with E-state index in [-0.39, 0.29) is 5.43 Å². The van der Waals surface area contributed by atoms with Gasteiger partial charge in [-0.1, -0.05) is 35.9 Å². The summed E-state index contributed by atoms with van der Waals surface area (Å²) < 4.78 is 2.21. The van der Waals surface area contributed by atoms with Crippen molar-refractivity contribution in [3.05, 3.63) is 70.4 Å². The smallest absolute Gasteiger partial charge is 0.197 e. The van der Waals surface area contributed by atoms with E-state index in [1.54, 1.807) is 0 Å². The Morgan fingerprint density at radius 3 is 1.95 bits per heavy atom. The number of fused-ring (bicyclic) bond motifs is 2. The molecule has 2 aromatic carbocycles. The summed E-state index contributed by atoms with van der Waals surface area (Å²) in [6.07, 6.45) is 2.18. The number of pyridine rings is 1. The molecule has 3 rings (SSSR count). The fourth-order valence-electron chi connectivity index (χ4n) is 2.55.